The zero-order chi connectivity index (χ0) is 28.4. The molecule has 1 aliphatic heterocycles. The predicted molar refractivity (Wildman–Crippen MR) is 155 cm³/mol. The van der Waals surface area contributed by atoms with Gasteiger partial charge in [0.1, 0.15) is 5.65 Å². The van der Waals surface area contributed by atoms with E-state index in [0.29, 0.717) is 46.4 Å². The minimum absolute atomic E-state index is 0.0596. The quantitative estimate of drug-likeness (QED) is 0.322. The molecular formula is C30H33N7O3. The number of carbonyl (C=O) groups is 3. The molecule has 10 heteroatoms. The van der Waals surface area contributed by atoms with Gasteiger partial charge >= 0.3 is 0 Å². The fourth-order valence-electron chi connectivity index (χ4n) is 4.88. The zero-order valence-corrected chi connectivity index (χ0v) is 23.1. The van der Waals surface area contributed by atoms with Crippen molar-refractivity contribution in [2.45, 2.75) is 32.7 Å². The van der Waals surface area contributed by atoms with Crippen molar-refractivity contribution < 1.29 is 14.4 Å². The molecule has 1 aromatic carbocycles. The Kier molecular flexibility index (Phi) is 7.61. The predicted octanol–water partition coefficient (Wildman–Crippen LogP) is 4.31. The molecule has 3 aromatic heterocycles. The number of nitrogens with zero attached hydrogens (tertiary/aromatic N) is 4. The molecule has 1 fully saturated rings. The summed E-state index contributed by atoms with van der Waals surface area (Å²) < 4.78 is 0. The van der Waals surface area contributed by atoms with Gasteiger partial charge in [-0.15, -0.1) is 0 Å². The fraction of sp³-hybridized carbons (Fsp3) is 0.300. The number of carbonyl (C=O) groups excluding carboxylic acids is 3. The van der Waals surface area contributed by atoms with E-state index in [9.17, 15) is 14.4 Å². The van der Waals surface area contributed by atoms with Crippen LogP contribution in [0.5, 0.6) is 0 Å². The number of benzene rings is 1. The van der Waals surface area contributed by atoms with Crippen LogP contribution in [0.15, 0.2) is 54.9 Å². The average molecular weight is 540 g/mol. The molecule has 1 saturated heterocycles. The smallest absolute Gasteiger partial charge is 0.257 e. The molecule has 0 spiro atoms. The molecule has 0 bridgehead atoms. The highest BCUT2D eigenvalue weighted by atomic mass is 16.2. The van der Waals surface area contributed by atoms with Gasteiger partial charge in [-0.2, -0.15) is 0 Å². The maximum atomic E-state index is 13.1. The van der Waals surface area contributed by atoms with Crippen molar-refractivity contribution in [1.29, 1.82) is 0 Å². The van der Waals surface area contributed by atoms with E-state index in [1.54, 1.807) is 51.5 Å². The standard InChI is InChI=1S/C30H33N7O3/c1-18-6-5-11-37(18)17-27(38)33-24-14-25(19(2)31-16-24)35-29(39)23-12-22-13-26(34-28(22)32-15-23)20-7-9-21(10-8-20)30(40)36(3)4/h7-10,12-16,18H,5-6,11,17H2,1-4H3,(H,32,34)(H,33,38)(H,35,39)/t18-/m0/s1. The monoisotopic (exact) mass is 539 g/mol. The summed E-state index contributed by atoms with van der Waals surface area (Å²) in [7, 11) is 3.44. The van der Waals surface area contributed by atoms with E-state index in [4.69, 9.17) is 0 Å². The lowest BCUT2D eigenvalue weighted by atomic mass is 10.1. The summed E-state index contributed by atoms with van der Waals surface area (Å²) in [5, 5.41) is 6.58. The second-order valence-electron chi connectivity index (χ2n) is 10.4. The Hall–Kier alpha value is -4.57. The molecule has 40 heavy (non-hydrogen) atoms. The van der Waals surface area contributed by atoms with Gasteiger partial charge in [0.25, 0.3) is 11.8 Å². The van der Waals surface area contributed by atoms with E-state index in [-0.39, 0.29) is 17.7 Å². The Morgan fingerprint density at radius 3 is 2.50 bits per heavy atom. The first-order chi connectivity index (χ1) is 19.2. The van der Waals surface area contributed by atoms with E-state index in [1.165, 1.54) is 11.1 Å². The van der Waals surface area contributed by atoms with Gasteiger partial charge < -0.3 is 20.5 Å². The lowest BCUT2D eigenvalue weighted by Gasteiger charge is -2.20. The van der Waals surface area contributed by atoms with E-state index < -0.39 is 0 Å². The van der Waals surface area contributed by atoms with Crippen molar-refractivity contribution in [1.82, 2.24) is 24.8 Å². The average Bonchev–Trinajstić information content (AvgIpc) is 3.55. The number of aryl methyl sites for hydroxylation is 1. The third-order valence-corrected chi connectivity index (χ3v) is 7.24. The lowest BCUT2D eigenvalue weighted by molar-refractivity contribution is -0.117. The molecule has 1 aliphatic rings. The Bertz CT molecular complexity index is 1580. The number of likely N-dealkylation sites (tertiary alicyclic amines) is 1. The molecule has 0 aliphatic carbocycles. The minimum Gasteiger partial charge on any atom is -0.345 e. The van der Waals surface area contributed by atoms with Crippen LogP contribution in [0.1, 0.15) is 46.2 Å². The topological polar surface area (TPSA) is 123 Å². The van der Waals surface area contributed by atoms with E-state index in [2.05, 4.69) is 37.4 Å². The summed E-state index contributed by atoms with van der Waals surface area (Å²) in [6, 6.07) is 13.1. The van der Waals surface area contributed by atoms with Gasteiger partial charge in [-0.3, -0.25) is 24.3 Å². The third kappa shape index (κ3) is 5.86. The van der Waals surface area contributed by atoms with E-state index in [0.717, 1.165) is 36.0 Å². The van der Waals surface area contributed by atoms with Gasteiger partial charge in [0, 0.05) is 43.0 Å². The molecular weight excluding hydrogens is 506 g/mol. The number of H-pyrrole nitrogens is 1. The Morgan fingerprint density at radius 2 is 1.80 bits per heavy atom. The first-order valence-corrected chi connectivity index (χ1v) is 13.3. The van der Waals surface area contributed by atoms with Crippen LogP contribution in [0.25, 0.3) is 22.3 Å². The molecule has 0 saturated carbocycles. The normalized spacial score (nSPS) is 15.2. The maximum Gasteiger partial charge on any atom is 0.257 e. The number of rotatable bonds is 7. The molecule has 0 radical (unpaired) electrons. The number of nitrogens with one attached hydrogen (secondary N) is 3. The van der Waals surface area contributed by atoms with Crippen LogP contribution in [0.2, 0.25) is 0 Å². The molecule has 10 nitrogen and oxygen atoms in total. The Labute approximate surface area is 232 Å². The van der Waals surface area contributed by atoms with Gasteiger partial charge in [-0.05, 0) is 69.1 Å². The van der Waals surface area contributed by atoms with Crippen LogP contribution in [0, 0.1) is 6.92 Å². The lowest BCUT2D eigenvalue weighted by Crippen LogP contribution is -2.35. The van der Waals surface area contributed by atoms with Crippen molar-refractivity contribution in [2.75, 3.05) is 37.8 Å². The molecule has 0 unspecified atom stereocenters. The van der Waals surface area contributed by atoms with Crippen LogP contribution in [-0.4, -0.2) is 75.7 Å². The zero-order valence-electron chi connectivity index (χ0n) is 23.1. The van der Waals surface area contributed by atoms with Crippen LogP contribution >= 0.6 is 0 Å². The molecule has 206 valence electrons. The second kappa shape index (κ2) is 11.3. The highest BCUT2D eigenvalue weighted by Gasteiger charge is 2.22. The number of anilines is 2. The van der Waals surface area contributed by atoms with Crippen molar-refractivity contribution in [2.24, 2.45) is 0 Å². The number of aromatic amines is 1. The van der Waals surface area contributed by atoms with E-state index in [1.807, 2.05) is 18.2 Å². The first-order valence-electron chi connectivity index (χ1n) is 13.3. The third-order valence-electron chi connectivity index (χ3n) is 7.24. The summed E-state index contributed by atoms with van der Waals surface area (Å²) in [5.41, 5.74) is 5.05. The van der Waals surface area contributed by atoms with Crippen molar-refractivity contribution >= 4 is 40.1 Å². The summed E-state index contributed by atoms with van der Waals surface area (Å²) in [5.74, 6) is -0.493. The highest BCUT2D eigenvalue weighted by Crippen LogP contribution is 2.25. The number of amides is 3. The van der Waals surface area contributed by atoms with Crippen LogP contribution in [-0.2, 0) is 4.79 Å². The fourth-order valence-corrected chi connectivity index (χ4v) is 4.88. The highest BCUT2D eigenvalue weighted by molar-refractivity contribution is 6.06. The number of aromatic nitrogens is 3. The van der Waals surface area contributed by atoms with Crippen LogP contribution in [0.4, 0.5) is 11.4 Å². The number of fused-ring (bicyclic) bond motifs is 1. The molecule has 4 aromatic rings. The molecule has 3 amide bonds. The van der Waals surface area contributed by atoms with Gasteiger partial charge in [0.2, 0.25) is 5.91 Å². The number of hydrogen-bond donors (Lipinski definition) is 3. The van der Waals surface area contributed by atoms with Crippen molar-refractivity contribution in [3.63, 3.8) is 0 Å². The summed E-state index contributed by atoms with van der Waals surface area (Å²) >= 11 is 0. The number of hydrogen-bond acceptors (Lipinski definition) is 6. The molecule has 1 atom stereocenters. The largest absolute Gasteiger partial charge is 0.345 e. The van der Waals surface area contributed by atoms with Gasteiger partial charge in [-0.1, -0.05) is 12.1 Å². The van der Waals surface area contributed by atoms with Gasteiger partial charge in [0.15, 0.2) is 0 Å². The van der Waals surface area contributed by atoms with Crippen LogP contribution < -0.4 is 10.6 Å². The number of pyridine rings is 2. The minimum atomic E-state index is -0.331. The second-order valence-corrected chi connectivity index (χ2v) is 10.4. The summed E-state index contributed by atoms with van der Waals surface area (Å²) in [6.07, 6.45) is 5.32. The Morgan fingerprint density at radius 1 is 1.02 bits per heavy atom. The Balaban J connectivity index is 1.28. The summed E-state index contributed by atoms with van der Waals surface area (Å²) in [6.45, 7) is 5.19. The van der Waals surface area contributed by atoms with Crippen LogP contribution in [0.3, 0.4) is 0 Å². The molecule has 3 N–H and O–H groups in total. The van der Waals surface area contributed by atoms with E-state index >= 15 is 0 Å². The SMILES string of the molecule is Cc1ncc(NC(=O)CN2CCC[C@@H]2C)cc1NC(=O)c1cnc2[nH]c(-c3ccc(C(=O)N(C)C)cc3)cc2c1. The first kappa shape index (κ1) is 27.0. The van der Waals surface area contributed by atoms with Crippen molar-refractivity contribution in [3.8, 4) is 11.3 Å². The summed E-state index contributed by atoms with van der Waals surface area (Å²) in [4.78, 5) is 53.6. The molecule has 4 heterocycles. The van der Waals surface area contributed by atoms with Gasteiger partial charge in [-0.25, -0.2) is 4.98 Å². The molecule has 5 rings (SSSR count). The van der Waals surface area contributed by atoms with Crippen molar-refractivity contribution in [3.05, 3.63) is 71.7 Å². The maximum absolute atomic E-state index is 13.1. The van der Waals surface area contributed by atoms with Gasteiger partial charge in [0.05, 0.1) is 35.4 Å².